The Bertz CT molecular complexity index is 66.1. The second-order valence-electron chi connectivity index (χ2n) is 1.00. The first-order valence-corrected chi connectivity index (χ1v) is 1.72. The van der Waals surface area contributed by atoms with E-state index in [0.29, 0.717) is 0 Å². The third-order valence-electron chi connectivity index (χ3n) is 0.586. The number of rotatable bonds is 0. The molecule has 0 heterocycles. The van der Waals surface area contributed by atoms with E-state index in [4.69, 9.17) is 0 Å². The smallest absolute Gasteiger partial charge is 0.273 e. The summed E-state index contributed by atoms with van der Waals surface area (Å²) in [7, 11) is 0. The van der Waals surface area contributed by atoms with E-state index in [1.165, 1.54) is 0 Å². The zero-order valence-corrected chi connectivity index (χ0v) is 7.28. The molecule has 1 rings (SSSR count). The van der Waals surface area contributed by atoms with Crippen molar-refractivity contribution in [3.8, 4) is 0 Å². The van der Waals surface area contributed by atoms with Crippen LogP contribution in [-0.4, -0.2) is 0 Å². The summed E-state index contributed by atoms with van der Waals surface area (Å²) in [6.45, 7) is 0. The molecule has 0 nitrogen and oxygen atoms in total. The fraction of sp³-hybridized carbons (Fsp3) is 0.200. The summed E-state index contributed by atoms with van der Waals surface area (Å²) in [5.74, 6) is 0. The summed E-state index contributed by atoms with van der Waals surface area (Å²) in [4.78, 5) is 0. The Kier molecular flexibility index (Phi) is 10.6. The van der Waals surface area contributed by atoms with Crippen LogP contribution in [0.4, 0.5) is 0 Å². The molecular formula is C5H5AuPd. The van der Waals surface area contributed by atoms with Crippen LogP contribution < -0.4 is 0 Å². The van der Waals surface area contributed by atoms with Gasteiger partial charge in [0.25, 0.3) is 0 Å². The first-order chi connectivity index (χ1) is 2.50. The van der Waals surface area contributed by atoms with Crippen molar-refractivity contribution in [3.63, 3.8) is 0 Å². The van der Waals surface area contributed by atoms with E-state index < -0.39 is 0 Å². The molecule has 1 aliphatic carbocycles. The van der Waals surface area contributed by atoms with Crippen LogP contribution in [0.3, 0.4) is 0 Å². The summed E-state index contributed by atoms with van der Waals surface area (Å²) in [5.41, 5.74) is 0. The van der Waals surface area contributed by atoms with Crippen LogP contribution in [0.1, 0.15) is 6.42 Å². The molecule has 1 aliphatic rings. The van der Waals surface area contributed by atoms with E-state index in [2.05, 4.69) is 12.2 Å². The van der Waals surface area contributed by atoms with Crippen LogP contribution in [0.25, 0.3) is 0 Å². The van der Waals surface area contributed by atoms with Gasteiger partial charge in [0.15, 0.2) is 0 Å². The molecule has 0 amide bonds. The molecule has 0 spiro atoms. The first-order valence-electron chi connectivity index (χ1n) is 1.72. The van der Waals surface area contributed by atoms with Gasteiger partial charge >= 0.3 is 22.4 Å². The maximum atomic E-state index is 2.99. The van der Waals surface area contributed by atoms with E-state index in [1.807, 2.05) is 12.2 Å². The maximum Gasteiger partial charge on any atom is 1.00 e. The van der Waals surface area contributed by atoms with Crippen molar-refractivity contribution in [2.24, 2.45) is 0 Å². The molecule has 7 heavy (non-hydrogen) atoms. The summed E-state index contributed by atoms with van der Waals surface area (Å²) in [6, 6.07) is 0. The fourth-order valence-corrected chi connectivity index (χ4v) is 0.340. The molecule has 0 radical (unpaired) electrons. The van der Waals surface area contributed by atoms with Gasteiger partial charge in [-0.2, -0.15) is 6.08 Å². The monoisotopic (exact) mass is 368 g/mol. The fourth-order valence-electron chi connectivity index (χ4n) is 0.340. The normalized spacial score (nSPS) is 12.6. The van der Waals surface area contributed by atoms with E-state index in [1.54, 1.807) is 0 Å². The Morgan fingerprint density at radius 1 is 1.43 bits per heavy atom. The molecule has 0 aromatic rings. The van der Waals surface area contributed by atoms with Crippen molar-refractivity contribution in [3.05, 3.63) is 24.3 Å². The Morgan fingerprint density at radius 3 is 2.29 bits per heavy atom. The van der Waals surface area contributed by atoms with Crippen LogP contribution in [-0.2, 0) is 42.8 Å². The third-order valence-corrected chi connectivity index (χ3v) is 0.586. The van der Waals surface area contributed by atoms with Crippen molar-refractivity contribution in [2.45, 2.75) is 6.42 Å². The molecule has 0 aromatic carbocycles. The summed E-state index contributed by atoms with van der Waals surface area (Å²) in [5, 5.41) is 0. The summed E-state index contributed by atoms with van der Waals surface area (Å²) in [6.07, 6.45) is 10.0. The van der Waals surface area contributed by atoms with Gasteiger partial charge in [-0.25, -0.2) is 12.2 Å². The molecule has 0 N–H and O–H groups in total. The van der Waals surface area contributed by atoms with Gasteiger partial charge in [-0.3, -0.25) is 6.08 Å². The average molecular weight is 368 g/mol. The Balaban J connectivity index is 0. The molecule has 0 fully saturated rings. The number of hydrogen-bond donors (Lipinski definition) is 0. The molecule has 0 saturated heterocycles. The summed E-state index contributed by atoms with van der Waals surface area (Å²) >= 11 is 0. The second kappa shape index (κ2) is 6.88. The van der Waals surface area contributed by atoms with Crippen molar-refractivity contribution in [1.29, 1.82) is 0 Å². The largest absolute Gasteiger partial charge is 1.00 e. The van der Waals surface area contributed by atoms with Crippen molar-refractivity contribution >= 4 is 0 Å². The average Bonchev–Trinajstić information content (AvgIpc) is 1.76. The van der Waals surface area contributed by atoms with Crippen molar-refractivity contribution in [2.75, 3.05) is 0 Å². The summed E-state index contributed by atoms with van der Waals surface area (Å²) < 4.78 is 0. The second-order valence-corrected chi connectivity index (χ2v) is 1.00. The van der Waals surface area contributed by atoms with E-state index in [0.717, 1.165) is 6.42 Å². The van der Waals surface area contributed by atoms with Crippen molar-refractivity contribution in [1.82, 2.24) is 0 Å². The van der Waals surface area contributed by atoms with Crippen molar-refractivity contribution < 1.29 is 42.8 Å². The molecular weight excluding hydrogens is 363 g/mol. The predicted molar refractivity (Wildman–Crippen MR) is 21.6 cm³/mol. The van der Waals surface area contributed by atoms with Crippen LogP contribution in [0.15, 0.2) is 18.2 Å². The van der Waals surface area contributed by atoms with Gasteiger partial charge in [0.1, 0.15) is 0 Å². The number of allylic oxidation sites excluding steroid dienone is 4. The molecule has 0 bridgehead atoms. The third kappa shape index (κ3) is 4.74. The molecule has 0 aliphatic heterocycles. The SMILES string of the molecule is [Au+].[C-]1=CC=CC1.[Pd]. The Hall–Kier alpha value is 0.883. The van der Waals surface area contributed by atoms with Gasteiger partial charge < -0.3 is 0 Å². The van der Waals surface area contributed by atoms with Crippen LogP contribution in [0.2, 0.25) is 0 Å². The minimum absolute atomic E-state index is 0. The van der Waals surface area contributed by atoms with E-state index in [9.17, 15) is 0 Å². The number of hydrogen-bond acceptors (Lipinski definition) is 0. The molecule has 0 unspecified atom stereocenters. The Labute approximate surface area is 73.2 Å². The van der Waals surface area contributed by atoms with Gasteiger partial charge in [-0.05, 0) is 0 Å². The first kappa shape index (κ1) is 10.8. The minimum Gasteiger partial charge on any atom is -0.273 e. The Morgan fingerprint density at radius 2 is 2.14 bits per heavy atom. The quantitative estimate of drug-likeness (QED) is 0.447. The van der Waals surface area contributed by atoms with Crippen LogP contribution in [0, 0.1) is 6.08 Å². The van der Waals surface area contributed by atoms with Gasteiger partial charge in [0.05, 0.1) is 0 Å². The minimum atomic E-state index is 0. The predicted octanol–water partition coefficient (Wildman–Crippen LogP) is 1.30. The van der Waals surface area contributed by atoms with Crippen LogP contribution >= 0.6 is 0 Å². The maximum absolute atomic E-state index is 2.99. The van der Waals surface area contributed by atoms with Gasteiger partial charge in [0, 0.05) is 20.4 Å². The molecule has 0 aromatic heterocycles. The molecule has 0 atom stereocenters. The van der Waals surface area contributed by atoms with E-state index >= 15 is 0 Å². The topological polar surface area (TPSA) is 0 Å². The molecule has 46 valence electrons. The standard InChI is InChI=1S/C5H5.Au.Pd/c1-2-4-5-3-1;;/h1-3H,4H2;;/q-1;+1;. The zero-order valence-electron chi connectivity index (χ0n) is 3.56. The molecule has 0 saturated carbocycles. The zero-order chi connectivity index (χ0) is 3.54. The van der Waals surface area contributed by atoms with Gasteiger partial charge in [-0.15, -0.1) is 6.42 Å². The van der Waals surface area contributed by atoms with Crippen LogP contribution in [0.5, 0.6) is 0 Å². The van der Waals surface area contributed by atoms with Gasteiger partial charge in [0.2, 0.25) is 0 Å². The van der Waals surface area contributed by atoms with E-state index in [-0.39, 0.29) is 42.8 Å². The van der Waals surface area contributed by atoms with Gasteiger partial charge in [-0.1, -0.05) is 0 Å². The molecule has 2 heteroatoms.